The molecule has 0 radical (unpaired) electrons. The van der Waals surface area contributed by atoms with Gasteiger partial charge in [-0.1, -0.05) is 11.6 Å². The molecule has 2 heterocycles. The summed E-state index contributed by atoms with van der Waals surface area (Å²) in [5.74, 6) is -0.0893. The quantitative estimate of drug-likeness (QED) is 0.762. The minimum Gasteiger partial charge on any atom is -0.508 e. The maximum atomic E-state index is 8.81. The molecular weight excluding hydrogens is 312 g/mol. The van der Waals surface area contributed by atoms with Gasteiger partial charge in [0.1, 0.15) is 11.5 Å². The SMILES string of the molecule is Oc1ccc(Cl)c(O)c1.c1cc(CCc2ccncc2)ccn1. The van der Waals surface area contributed by atoms with Crippen molar-refractivity contribution in [1.82, 2.24) is 9.97 Å². The second-order valence-corrected chi connectivity index (χ2v) is 5.25. The van der Waals surface area contributed by atoms with Gasteiger partial charge in [-0.05, 0) is 60.4 Å². The highest BCUT2D eigenvalue weighted by Gasteiger charge is 1.96. The van der Waals surface area contributed by atoms with Crippen LogP contribution >= 0.6 is 11.6 Å². The van der Waals surface area contributed by atoms with Crippen LogP contribution in [0.4, 0.5) is 0 Å². The highest BCUT2D eigenvalue weighted by Crippen LogP contribution is 2.26. The van der Waals surface area contributed by atoms with Crippen LogP contribution in [0.1, 0.15) is 11.1 Å². The van der Waals surface area contributed by atoms with Gasteiger partial charge in [0.15, 0.2) is 0 Å². The molecule has 0 spiro atoms. The molecule has 0 saturated heterocycles. The van der Waals surface area contributed by atoms with E-state index < -0.39 is 0 Å². The number of pyridine rings is 2. The molecule has 3 rings (SSSR count). The van der Waals surface area contributed by atoms with E-state index in [4.69, 9.17) is 21.8 Å². The van der Waals surface area contributed by atoms with E-state index in [9.17, 15) is 0 Å². The number of phenols is 2. The van der Waals surface area contributed by atoms with E-state index in [-0.39, 0.29) is 16.5 Å². The van der Waals surface area contributed by atoms with Gasteiger partial charge >= 0.3 is 0 Å². The maximum absolute atomic E-state index is 8.81. The van der Waals surface area contributed by atoms with Gasteiger partial charge in [0.25, 0.3) is 0 Å². The number of halogens is 1. The maximum Gasteiger partial charge on any atom is 0.137 e. The van der Waals surface area contributed by atoms with Crippen molar-refractivity contribution in [3.8, 4) is 11.5 Å². The zero-order valence-electron chi connectivity index (χ0n) is 12.4. The van der Waals surface area contributed by atoms with E-state index in [0.717, 1.165) is 12.8 Å². The Morgan fingerprint density at radius 1 is 0.739 bits per heavy atom. The lowest BCUT2D eigenvalue weighted by Gasteiger charge is -2.00. The van der Waals surface area contributed by atoms with Gasteiger partial charge < -0.3 is 10.2 Å². The molecular formula is C18H17ClN2O2. The summed E-state index contributed by atoms with van der Waals surface area (Å²) in [6.45, 7) is 0. The van der Waals surface area contributed by atoms with Crippen molar-refractivity contribution < 1.29 is 10.2 Å². The molecule has 0 aliphatic carbocycles. The van der Waals surface area contributed by atoms with Crippen molar-refractivity contribution in [2.45, 2.75) is 12.8 Å². The number of benzene rings is 1. The molecule has 5 heteroatoms. The number of hydrogen-bond acceptors (Lipinski definition) is 4. The van der Waals surface area contributed by atoms with Crippen LogP contribution in [-0.2, 0) is 12.8 Å². The molecule has 0 bridgehead atoms. The third-order valence-electron chi connectivity index (χ3n) is 3.13. The lowest BCUT2D eigenvalue weighted by molar-refractivity contribution is 0.451. The van der Waals surface area contributed by atoms with Crippen LogP contribution in [0, 0.1) is 0 Å². The average molecular weight is 329 g/mol. The molecule has 0 aliphatic heterocycles. The Hall–Kier alpha value is -2.59. The summed E-state index contributed by atoms with van der Waals surface area (Å²) in [6, 6.07) is 12.2. The molecule has 2 N–H and O–H groups in total. The monoisotopic (exact) mass is 328 g/mol. The number of phenolic OH excluding ortho intramolecular Hbond substituents is 2. The van der Waals surface area contributed by atoms with Crippen LogP contribution in [0.3, 0.4) is 0 Å². The molecule has 118 valence electrons. The van der Waals surface area contributed by atoms with Crippen LogP contribution in [0.2, 0.25) is 5.02 Å². The molecule has 4 nitrogen and oxygen atoms in total. The van der Waals surface area contributed by atoms with Crippen LogP contribution < -0.4 is 0 Å². The summed E-state index contributed by atoms with van der Waals surface area (Å²) in [5.41, 5.74) is 2.66. The van der Waals surface area contributed by atoms with E-state index in [0.29, 0.717) is 0 Å². The largest absolute Gasteiger partial charge is 0.508 e. The fourth-order valence-corrected chi connectivity index (χ4v) is 2.01. The first kappa shape index (κ1) is 16.8. The van der Waals surface area contributed by atoms with E-state index in [2.05, 4.69) is 34.2 Å². The first-order valence-corrected chi connectivity index (χ1v) is 7.48. The molecule has 1 aromatic carbocycles. The third kappa shape index (κ3) is 5.96. The Labute approximate surface area is 140 Å². The Morgan fingerprint density at radius 2 is 1.22 bits per heavy atom. The zero-order valence-corrected chi connectivity index (χ0v) is 13.2. The predicted molar refractivity (Wildman–Crippen MR) is 90.7 cm³/mol. The Morgan fingerprint density at radius 3 is 1.61 bits per heavy atom. The molecule has 2 aromatic heterocycles. The molecule has 0 unspecified atom stereocenters. The van der Waals surface area contributed by atoms with Gasteiger partial charge in [0, 0.05) is 30.9 Å². The summed E-state index contributed by atoms with van der Waals surface area (Å²) in [5, 5.41) is 17.8. The van der Waals surface area contributed by atoms with Gasteiger partial charge in [0.2, 0.25) is 0 Å². The van der Waals surface area contributed by atoms with Gasteiger partial charge in [-0.3, -0.25) is 9.97 Å². The van der Waals surface area contributed by atoms with Gasteiger partial charge in [0.05, 0.1) is 5.02 Å². The van der Waals surface area contributed by atoms with Gasteiger partial charge in [-0.2, -0.15) is 0 Å². The van der Waals surface area contributed by atoms with Crippen molar-refractivity contribution in [2.75, 3.05) is 0 Å². The summed E-state index contributed by atoms with van der Waals surface area (Å²) in [7, 11) is 0. The van der Waals surface area contributed by atoms with E-state index in [1.165, 1.54) is 29.3 Å². The Bertz CT molecular complexity index is 682. The van der Waals surface area contributed by atoms with Crippen LogP contribution in [0.5, 0.6) is 11.5 Å². The summed E-state index contributed by atoms with van der Waals surface area (Å²) < 4.78 is 0. The Balaban J connectivity index is 0.000000185. The van der Waals surface area contributed by atoms with Gasteiger partial charge in [-0.15, -0.1) is 0 Å². The molecule has 3 aromatic rings. The lowest BCUT2D eigenvalue weighted by Crippen LogP contribution is -1.91. The summed E-state index contributed by atoms with van der Waals surface area (Å²) >= 11 is 5.42. The first-order chi connectivity index (χ1) is 11.1. The third-order valence-corrected chi connectivity index (χ3v) is 3.45. The summed E-state index contributed by atoms with van der Waals surface area (Å²) in [4.78, 5) is 7.98. The van der Waals surface area contributed by atoms with Gasteiger partial charge in [-0.25, -0.2) is 0 Å². The van der Waals surface area contributed by atoms with Crippen molar-refractivity contribution in [3.63, 3.8) is 0 Å². The normalized spacial score (nSPS) is 9.78. The van der Waals surface area contributed by atoms with Crippen molar-refractivity contribution >= 4 is 11.6 Å². The minimum atomic E-state index is -0.100. The lowest BCUT2D eigenvalue weighted by atomic mass is 10.1. The number of rotatable bonds is 3. The molecule has 23 heavy (non-hydrogen) atoms. The summed E-state index contributed by atoms with van der Waals surface area (Å²) in [6.07, 6.45) is 9.46. The number of aromatic hydroxyl groups is 2. The number of hydrogen-bond donors (Lipinski definition) is 2. The smallest absolute Gasteiger partial charge is 0.137 e. The number of nitrogens with zero attached hydrogens (tertiary/aromatic N) is 2. The standard InChI is InChI=1S/C12H12N2.C6H5ClO2/c1(11-3-7-13-8-4-11)2-12-5-9-14-10-6-12;7-5-2-1-4(8)3-6(5)9/h3-10H,1-2H2;1-3,8-9H. The van der Waals surface area contributed by atoms with Crippen LogP contribution in [0.15, 0.2) is 67.3 Å². The highest BCUT2D eigenvalue weighted by molar-refractivity contribution is 6.32. The first-order valence-electron chi connectivity index (χ1n) is 7.10. The van der Waals surface area contributed by atoms with Crippen molar-refractivity contribution in [1.29, 1.82) is 0 Å². The van der Waals surface area contributed by atoms with E-state index >= 15 is 0 Å². The topological polar surface area (TPSA) is 66.2 Å². The van der Waals surface area contributed by atoms with E-state index in [1.54, 1.807) is 0 Å². The highest BCUT2D eigenvalue weighted by atomic mass is 35.5. The molecule has 0 amide bonds. The second-order valence-electron chi connectivity index (χ2n) is 4.85. The molecule has 0 atom stereocenters. The fraction of sp³-hybridized carbons (Fsp3) is 0.111. The van der Waals surface area contributed by atoms with Crippen molar-refractivity contribution in [2.24, 2.45) is 0 Å². The molecule has 0 aliphatic rings. The minimum absolute atomic E-state index is 0.0110. The molecule has 0 fully saturated rings. The number of aromatic nitrogens is 2. The molecule has 0 saturated carbocycles. The van der Waals surface area contributed by atoms with Crippen LogP contribution in [0.25, 0.3) is 0 Å². The number of aryl methyl sites for hydroxylation is 2. The Kier molecular flexibility index (Phi) is 6.39. The van der Waals surface area contributed by atoms with Crippen molar-refractivity contribution in [3.05, 3.63) is 83.4 Å². The predicted octanol–water partition coefficient (Wildman–Crippen LogP) is 4.01. The zero-order chi connectivity index (χ0) is 16.5. The second kappa shape index (κ2) is 8.76. The fourth-order valence-electron chi connectivity index (χ4n) is 1.89. The van der Waals surface area contributed by atoms with E-state index in [1.807, 2.05) is 24.8 Å². The van der Waals surface area contributed by atoms with Crippen LogP contribution in [-0.4, -0.2) is 20.2 Å². The average Bonchev–Trinajstić information content (AvgIpc) is 2.59.